The van der Waals surface area contributed by atoms with Crippen molar-refractivity contribution in [3.05, 3.63) is 12.4 Å². The van der Waals surface area contributed by atoms with Crippen molar-refractivity contribution in [3.63, 3.8) is 0 Å². The van der Waals surface area contributed by atoms with E-state index in [0.717, 1.165) is 0 Å². The monoisotopic (exact) mass is 230 g/mol. The molecule has 7 heteroatoms. The summed E-state index contributed by atoms with van der Waals surface area (Å²) in [5, 5.41) is 6.42. The number of halogens is 1. The molecule has 6 nitrogen and oxygen atoms in total. The number of primary amides is 1. The molecule has 0 aliphatic carbocycles. The fourth-order valence-corrected chi connectivity index (χ4v) is 1.16. The molecule has 1 rings (SSSR count). The van der Waals surface area contributed by atoms with Crippen LogP contribution in [-0.2, 0) is 16.1 Å². The van der Waals surface area contributed by atoms with Crippen molar-refractivity contribution in [2.75, 3.05) is 11.2 Å². The molecule has 0 atom stereocenters. The van der Waals surface area contributed by atoms with E-state index in [-0.39, 0.29) is 24.8 Å². The fourth-order valence-electron chi connectivity index (χ4n) is 0.984. The highest BCUT2D eigenvalue weighted by Crippen LogP contribution is 2.05. The second-order valence-corrected chi connectivity index (χ2v) is 3.26. The van der Waals surface area contributed by atoms with E-state index in [4.69, 9.17) is 17.3 Å². The van der Waals surface area contributed by atoms with E-state index in [9.17, 15) is 9.59 Å². The molecule has 82 valence electrons. The van der Waals surface area contributed by atoms with Gasteiger partial charge in [0.15, 0.2) is 0 Å². The lowest BCUT2D eigenvalue weighted by molar-refractivity contribution is -0.118. The molecule has 1 aromatic rings. The summed E-state index contributed by atoms with van der Waals surface area (Å²) in [4.78, 5) is 21.7. The third-order valence-electron chi connectivity index (χ3n) is 1.56. The largest absolute Gasteiger partial charge is 0.368 e. The molecule has 1 aromatic heterocycles. The summed E-state index contributed by atoms with van der Waals surface area (Å²) in [6.07, 6.45) is 3.20. The molecular weight excluding hydrogens is 220 g/mol. The second kappa shape index (κ2) is 5.35. The average molecular weight is 231 g/mol. The Labute approximate surface area is 91.4 Å². The van der Waals surface area contributed by atoms with Crippen LogP contribution in [0.25, 0.3) is 0 Å². The number of anilines is 1. The van der Waals surface area contributed by atoms with Gasteiger partial charge in [-0.15, -0.1) is 11.6 Å². The Morgan fingerprint density at radius 1 is 1.60 bits per heavy atom. The number of carbonyl (C=O) groups excluding carboxylic acids is 2. The lowest BCUT2D eigenvalue weighted by Crippen LogP contribution is -2.18. The van der Waals surface area contributed by atoms with E-state index in [0.29, 0.717) is 5.69 Å². The molecule has 3 N–H and O–H groups in total. The minimum absolute atomic E-state index is 0.00855. The molecule has 0 bridgehead atoms. The summed E-state index contributed by atoms with van der Waals surface area (Å²) in [6.45, 7) is -0.00855. The van der Waals surface area contributed by atoms with E-state index in [2.05, 4.69) is 10.4 Å². The molecule has 0 spiro atoms. The number of rotatable bonds is 5. The van der Waals surface area contributed by atoms with E-state index in [1.165, 1.54) is 17.1 Å². The molecule has 0 radical (unpaired) electrons. The molecule has 15 heavy (non-hydrogen) atoms. The van der Waals surface area contributed by atoms with Crippen LogP contribution in [0.1, 0.15) is 6.42 Å². The maximum Gasteiger partial charge on any atom is 0.239 e. The van der Waals surface area contributed by atoms with Gasteiger partial charge in [-0.3, -0.25) is 14.3 Å². The number of hydrogen-bond donors (Lipinski definition) is 2. The number of carbonyl (C=O) groups is 2. The van der Waals surface area contributed by atoms with Crippen LogP contribution in [0.4, 0.5) is 5.69 Å². The van der Waals surface area contributed by atoms with Gasteiger partial charge < -0.3 is 11.1 Å². The molecule has 0 aromatic carbocycles. The van der Waals surface area contributed by atoms with Crippen molar-refractivity contribution in [1.29, 1.82) is 0 Å². The topological polar surface area (TPSA) is 90.0 Å². The highest BCUT2D eigenvalue weighted by molar-refractivity contribution is 6.19. The Balaban J connectivity index is 2.52. The molecule has 2 amide bonds. The van der Waals surface area contributed by atoms with Crippen LogP contribution in [-0.4, -0.2) is 27.5 Å². The van der Waals surface area contributed by atoms with Crippen LogP contribution in [0, 0.1) is 0 Å². The normalized spacial score (nSPS) is 9.93. The summed E-state index contributed by atoms with van der Waals surface area (Å²) in [5.41, 5.74) is 5.50. The Hall–Kier alpha value is -1.56. The molecule has 0 unspecified atom stereocenters. The number of alkyl halides is 1. The Kier molecular flexibility index (Phi) is 4.11. The van der Waals surface area contributed by atoms with Crippen LogP contribution < -0.4 is 11.1 Å². The summed E-state index contributed by atoms with van der Waals surface area (Å²) in [5.74, 6) is -0.415. The maximum atomic E-state index is 11.1. The summed E-state index contributed by atoms with van der Waals surface area (Å²) in [7, 11) is 0. The van der Waals surface area contributed by atoms with Gasteiger partial charge in [-0.05, 0) is 0 Å². The van der Waals surface area contributed by atoms with Gasteiger partial charge in [0, 0.05) is 18.5 Å². The number of aromatic nitrogens is 2. The van der Waals surface area contributed by atoms with Crippen LogP contribution in [0.15, 0.2) is 12.4 Å². The van der Waals surface area contributed by atoms with Crippen molar-refractivity contribution in [1.82, 2.24) is 9.78 Å². The first kappa shape index (κ1) is 11.5. The number of nitrogens with zero attached hydrogens (tertiary/aromatic N) is 2. The summed E-state index contributed by atoms with van der Waals surface area (Å²) in [6, 6.07) is 0. The number of hydrogen-bond acceptors (Lipinski definition) is 3. The molecule has 0 aliphatic heterocycles. The maximum absolute atomic E-state index is 11.1. The van der Waals surface area contributed by atoms with Gasteiger partial charge in [0.05, 0.1) is 11.9 Å². The molecular formula is C8H11ClN4O2. The molecule has 0 saturated heterocycles. The minimum Gasteiger partial charge on any atom is -0.368 e. The number of nitrogens with one attached hydrogen (secondary N) is 1. The van der Waals surface area contributed by atoms with Crippen LogP contribution >= 0.6 is 11.6 Å². The Morgan fingerprint density at radius 3 is 2.93 bits per heavy atom. The van der Waals surface area contributed by atoms with Crippen LogP contribution in [0.3, 0.4) is 0 Å². The van der Waals surface area contributed by atoms with Crippen molar-refractivity contribution in [2.24, 2.45) is 5.73 Å². The highest BCUT2D eigenvalue weighted by atomic mass is 35.5. The molecule has 0 saturated carbocycles. The standard InChI is InChI=1S/C8H11ClN4O2/c9-2-1-8(15)12-6-3-11-13(4-6)5-7(10)14/h3-4H,1-2,5H2,(H2,10,14)(H,12,15). The van der Waals surface area contributed by atoms with Gasteiger partial charge in [0.2, 0.25) is 11.8 Å². The lowest BCUT2D eigenvalue weighted by atomic mass is 10.4. The van der Waals surface area contributed by atoms with Crippen molar-refractivity contribution in [2.45, 2.75) is 13.0 Å². The van der Waals surface area contributed by atoms with Crippen molar-refractivity contribution in [3.8, 4) is 0 Å². The lowest BCUT2D eigenvalue weighted by Gasteiger charge is -1.98. The van der Waals surface area contributed by atoms with E-state index in [1.54, 1.807) is 0 Å². The van der Waals surface area contributed by atoms with Gasteiger partial charge in [-0.25, -0.2) is 0 Å². The highest BCUT2D eigenvalue weighted by Gasteiger charge is 2.04. The first-order valence-corrected chi connectivity index (χ1v) is 4.82. The predicted octanol–water partition coefficient (Wildman–Crippen LogP) is -0.0642. The molecule has 0 aliphatic rings. The average Bonchev–Trinajstić information content (AvgIpc) is 2.51. The second-order valence-electron chi connectivity index (χ2n) is 2.88. The third-order valence-corrected chi connectivity index (χ3v) is 1.75. The zero-order valence-corrected chi connectivity index (χ0v) is 8.70. The Bertz CT molecular complexity index is 363. The van der Waals surface area contributed by atoms with Crippen molar-refractivity contribution >= 4 is 29.1 Å². The van der Waals surface area contributed by atoms with Crippen LogP contribution in [0.5, 0.6) is 0 Å². The van der Waals surface area contributed by atoms with Gasteiger partial charge >= 0.3 is 0 Å². The van der Waals surface area contributed by atoms with E-state index in [1.807, 2.05) is 0 Å². The first-order chi connectivity index (χ1) is 7.11. The van der Waals surface area contributed by atoms with Crippen molar-refractivity contribution < 1.29 is 9.59 Å². The summed E-state index contributed by atoms with van der Waals surface area (Å²) >= 11 is 5.39. The van der Waals surface area contributed by atoms with Crippen LogP contribution in [0.2, 0.25) is 0 Å². The van der Waals surface area contributed by atoms with E-state index < -0.39 is 5.91 Å². The zero-order chi connectivity index (χ0) is 11.3. The minimum atomic E-state index is -0.489. The SMILES string of the molecule is NC(=O)Cn1cc(NC(=O)CCCl)cn1. The number of nitrogens with two attached hydrogens (primary N) is 1. The zero-order valence-electron chi connectivity index (χ0n) is 7.94. The van der Waals surface area contributed by atoms with Gasteiger partial charge in [0.25, 0.3) is 0 Å². The van der Waals surface area contributed by atoms with Gasteiger partial charge in [-0.2, -0.15) is 5.10 Å². The smallest absolute Gasteiger partial charge is 0.239 e. The first-order valence-electron chi connectivity index (χ1n) is 4.28. The summed E-state index contributed by atoms with van der Waals surface area (Å²) < 4.78 is 1.35. The number of amides is 2. The quantitative estimate of drug-likeness (QED) is 0.694. The Morgan fingerprint density at radius 2 is 2.33 bits per heavy atom. The van der Waals surface area contributed by atoms with E-state index >= 15 is 0 Å². The molecule has 0 fully saturated rings. The predicted molar refractivity (Wildman–Crippen MR) is 55.4 cm³/mol. The van der Waals surface area contributed by atoms with Gasteiger partial charge in [-0.1, -0.05) is 0 Å². The van der Waals surface area contributed by atoms with Gasteiger partial charge in [0.1, 0.15) is 6.54 Å². The molecule has 1 heterocycles. The third kappa shape index (κ3) is 3.99. The fraction of sp³-hybridized carbons (Fsp3) is 0.375.